The summed E-state index contributed by atoms with van der Waals surface area (Å²) in [5.74, 6) is 0.326. The van der Waals surface area contributed by atoms with E-state index in [9.17, 15) is 4.79 Å². The van der Waals surface area contributed by atoms with E-state index in [0.717, 1.165) is 38.6 Å². The van der Waals surface area contributed by atoms with Gasteiger partial charge in [0.2, 0.25) is 5.91 Å². The molecule has 1 aliphatic heterocycles. The van der Waals surface area contributed by atoms with Crippen molar-refractivity contribution >= 4 is 5.91 Å². The van der Waals surface area contributed by atoms with Crippen LogP contribution < -0.4 is 0 Å². The molecule has 2 aliphatic rings. The van der Waals surface area contributed by atoms with Crippen LogP contribution in [0.4, 0.5) is 0 Å². The minimum atomic E-state index is 0.326. The molecular weight excluding hydrogens is 272 g/mol. The zero-order valence-electron chi connectivity index (χ0n) is 13.5. The lowest BCUT2D eigenvalue weighted by atomic mass is 9.94. The highest BCUT2D eigenvalue weighted by Crippen LogP contribution is 2.23. The number of nitrogens with zero attached hydrogens (tertiary/aromatic N) is 2. The zero-order chi connectivity index (χ0) is 15.2. The molecule has 1 saturated heterocycles. The van der Waals surface area contributed by atoms with Gasteiger partial charge in [-0.05, 0) is 24.8 Å². The fourth-order valence-electron chi connectivity index (χ4n) is 3.84. The number of rotatable bonds is 4. The maximum absolute atomic E-state index is 12.4. The average Bonchev–Trinajstić information content (AvgIpc) is 2.61. The van der Waals surface area contributed by atoms with E-state index in [1.165, 1.54) is 37.7 Å². The molecule has 1 heterocycles. The molecule has 0 atom stereocenters. The van der Waals surface area contributed by atoms with Crippen molar-refractivity contribution in [3.8, 4) is 0 Å². The first-order valence-electron chi connectivity index (χ1n) is 8.89. The lowest BCUT2D eigenvalue weighted by molar-refractivity contribution is -0.133. The van der Waals surface area contributed by atoms with E-state index in [0.29, 0.717) is 12.3 Å². The van der Waals surface area contributed by atoms with Crippen LogP contribution in [0.1, 0.15) is 44.1 Å². The Bertz CT molecular complexity index is 460. The van der Waals surface area contributed by atoms with E-state index < -0.39 is 0 Å². The summed E-state index contributed by atoms with van der Waals surface area (Å²) >= 11 is 0. The zero-order valence-corrected chi connectivity index (χ0v) is 13.5. The third-order valence-corrected chi connectivity index (χ3v) is 5.23. The second-order valence-corrected chi connectivity index (χ2v) is 6.69. The maximum atomic E-state index is 12.4. The van der Waals surface area contributed by atoms with E-state index in [1.54, 1.807) is 0 Å². The first-order chi connectivity index (χ1) is 10.8. The summed E-state index contributed by atoms with van der Waals surface area (Å²) in [6.07, 6.45) is 8.43. The summed E-state index contributed by atoms with van der Waals surface area (Å²) in [4.78, 5) is 17.1. The molecule has 0 unspecified atom stereocenters. The number of carbonyl (C=O) groups is 1. The second-order valence-electron chi connectivity index (χ2n) is 6.69. The molecule has 120 valence electrons. The number of aryl methyl sites for hydroxylation is 1. The van der Waals surface area contributed by atoms with Crippen LogP contribution in [-0.4, -0.2) is 47.9 Å². The Kier molecular flexibility index (Phi) is 5.49. The third-order valence-electron chi connectivity index (χ3n) is 5.23. The van der Waals surface area contributed by atoms with E-state index in [-0.39, 0.29) is 0 Å². The van der Waals surface area contributed by atoms with Crippen LogP contribution in [0.3, 0.4) is 0 Å². The van der Waals surface area contributed by atoms with Crippen molar-refractivity contribution in [1.29, 1.82) is 0 Å². The molecule has 1 saturated carbocycles. The molecule has 0 aromatic heterocycles. The van der Waals surface area contributed by atoms with E-state index in [2.05, 4.69) is 21.9 Å². The van der Waals surface area contributed by atoms with Crippen LogP contribution >= 0.6 is 0 Å². The molecular formula is C19H28N2O. The minimum absolute atomic E-state index is 0.326. The predicted octanol–water partition coefficient (Wildman–Crippen LogP) is 3.10. The smallest absolute Gasteiger partial charge is 0.222 e. The number of amides is 1. The molecule has 0 bridgehead atoms. The van der Waals surface area contributed by atoms with Crippen LogP contribution in [0.5, 0.6) is 0 Å². The van der Waals surface area contributed by atoms with Gasteiger partial charge < -0.3 is 4.90 Å². The summed E-state index contributed by atoms with van der Waals surface area (Å²) in [7, 11) is 0. The number of hydrogen-bond acceptors (Lipinski definition) is 2. The maximum Gasteiger partial charge on any atom is 0.222 e. The van der Waals surface area contributed by atoms with Crippen molar-refractivity contribution < 1.29 is 4.79 Å². The normalized spacial score (nSPS) is 21.0. The van der Waals surface area contributed by atoms with Crippen molar-refractivity contribution in [3.63, 3.8) is 0 Å². The molecule has 0 N–H and O–H groups in total. The lowest BCUT2D eigenvalue weighted by Gasteiger charge is -2.40. The van der Waals surface area contributed by atoms with Crippen LogP contribution in [0.15, 0.2) is 30.3 Å². The molecule has 0 radical (unpaired) electrons. The van der Waals surface area contributed by atoms with Gasteiger partial charge in [-0.25, -0.2) is 0 Å². The van der Waals surface area contributed by atoms with Crippen LogP contribution in [0, 0.1) is 0 Å². The van der Waals surface area contributed by atoms with Gasteiger partial charge in [0.15, 0.2) is 0 Å². The quantitative estimate of drug-likeness (QED) is 0.853. The van der Waals surface area contributed by atoms with Gasteiger partial charge in [0.05, 0.1) is 0 Å². The van der Waals surface area contributed by atoms with Gasteiger partial charge >= 0.3 is 0 Å². The Labute approximate surface area is 134 Å². The standard InChI is InChI=1S/C19H28N2O/c22-19(12-11-17-7-3-1-4-8-17)21-15-13-20(14-16-21)18-9-5-2-6-10-18/h1,3-4,7-8,18H,2,5-6,9-16H2. The van der Waals surface area contributed by atoms with Crippen molar-refractivity contribution in [1.82, 2.24) is 9.80 Å². The van der Waals surface area contributed by atoms with Crippen molar-refractivity contribution in [2.24, 2.45) is 0 Å². The molecule has 1 amide bonds. The highest BCUT2D eigenvalue weighted by atomic mass is 16.2. The first kappa shape index (κ1) is 15.5. The molecule has 1 aromatic rings. The molecule has 3 heteroatoms. The van der Waals surface area contributed by atoms with Gasteiger partial charge in [-0.3, -0.25) is 9.69 Å². The monoisotopic (exact) mass is 300 g/mol. The molecule has 3 nitrogen and oxygen atoms in total. The summed E-state index contributed by atoms with van der Waals surface area (Å²) < 4.78 is 0. The topological polar surface area (TPSA) is 23.6 Å². The summed E-state index contributed by atoms with van der Waals surface area (Å²) in [5, 5.41) is 0. The van der Waals surface area contributed by atoms with Gasteiger partial charge in [0.1, 0.15) is 0 Å². The SMILES string of the molecule is O=C(CCc1ccccc1)N1CCN(C2CCCCC2)CC1. The number of piperazine rings is 1. The van der Waals surface area contributed by atoms with E-state index in [4.69, 9.17) is 0 Å². The van der Waals surface area contributed by atoms with Gasteiger partial charge in [0.25, 0.3) is 0 Å². The second kappa shape index (κ2) is 7.77. The lowest BCUT2D eigenvalue weighted by Crippen LogP contribution is -2.52. The van der Waals surface area contributed by atoms with Crippen molar-refractivity contribution in [2.75, 3.05) is 26.2 Å². The molecule has 1 aromatic carbocycles. The Hall–Kier alpha value is -1.35. The van der Waals surface area contributed by atoms with Crippen molar-refractivity contribution in [2.45, 2.75) is 51.0 Å². The fraction of sp³-hybridized carbons (Fsp3) is 0.632. The van der Waals surface area contributed by atoms with Gasteiger partial charge in [-0.2, -0.15) is 0 Å². The molecule has 22 heavy (non-hydrogen) atoms. The molecule has 1 aliphatic carbocycles. The Morgan fingerprint density at radius 3 is 2.32 bits per heavy atom. The summed E-state index contributed by atoms with van der Waals surface area (Å²) in [6.45, 7) is 3.98. The molecule has 3 rings (SSSR count). The third kappa shape index (κ3) is 4.10. The molecule has 0 spiro atoms. The van der Waals surface area contributed by atoms with E-state index >= 15 is 0 Å². The van der Waals surface area contributed by atoms with Gasteiger partial charge in [0, 0.05) is 38.6 Å². The van der Waals surface area contributed by atoms with Gasteiger partial charge in [-0.1, -0.05) is 49.6 Å². The van der Waals surface area contributed by atoms with Crippen LogP contribution in [-0.2, 0) is 11.2 Å². The fourth-order valence-corrected chi connectivity index (χ4v) is 3.84. The summed E-state index contributed by atoms with van der Waals surface area (Å²) in [6, 6.07) is 11.1. The minimum Gasteiger partial charge on any atom is -0.340 e. The number of benzene rings is 1. The van der Waals surface area contributed by atoms with Crippen LogP contribution in [0.2, 0.25) is 0 Å². The highest BCUT2D eigenvalue weighted by Gasteiger charge is 2.26. The first-order valence-corrected chi connectivity index (χ1v) is 8.89. The highest BCUT2D eigenvalue weighted by molar-refractivity contribution is 5.76. The largest absolute Gasteiger partial charge is 0.340 e. The Morgan fingerprint density at radius 2 is 1.64 bits per heavy atom. The Balaban J connectivity index is 1.41. The summed E-state index contributed by atoms with van der Waals surface area (Å²) in [5.41, 5.74) is 1.26. The predicted molar refractivity (Wildman–Crippen MR) is 89.8 cm³/mol. The van der Waals surface area contributed by atoms with E-state index in [1.807, 2.05) is 18.2 Å². The average molecular weight is 300 g/mol. The Morgan fingerprint density at radius 1 is 0.955 bits per heavy atom. The molecule has 2 fully saturated rings. The number of carbonyl (C=O) groups excluding carboxylic acids is 1. The van der Waals surface area contributed by atoms with Crippen molar-refractivity contribution in [3.05, 3.63) is 35.9 Å². The van der Waals surface area contributed by atoms with Gasteiger partial charge in [-0.15, -0.1) is 0 Å². The number of hydrogen-bond donors (Lipinski definition) is 0. The van der Waals surface area contributed by atoms with Crippen LogP contribution in [0.25, 0.3) is 0 Å².